The summed E-state index contributed by atoms with van der Waals surface area (Å²) in [6, 6.07) is 5.71. The molecule has 25 heavy (non-hydrogen) atoms. The highest BCUT2D eigenvalue weighted by Crippen LogP contribution is 2.33. The zero-order valence-electron chi connectivity index (χ0n) is 14.8. The third kappa shape index (κ3) is 4.37. The fraction of sp³-hybridized carbons (Fsp3) is 0.611. The van der Waals surface area contributed by atoms with Gasteiger partial charge in [0.25, 0.3) is 5.91 Å². The van der Waals surface area contributed by atoms with Crippen molar-refractivity contribution in [2.24, 2.45) is 0 Å². The van der Waals surface area contributed by atoms with Crippen LogP contribution in [0.3, 0.4) is 0 Å². The van der Waals surface area contributed by atoms with Gasteiger partial charge in [0.15, 0.2) is 0 Å². The second kappa shape index (κ2) is 8.25. The molecule has 0 aliphatic carbocycles. The molecule has 6 nitrogen and oxygen atoms in total. The lowest BCUT2D eigenvalue weighted by Crippen LogP contribution is -2.52. The number of halogens is 1. The number of carbonyl (C=O) groups excluding carboxylic acids is 1. The monoisotopic (exact) mass is 367 g/mol. The number of morpholine rings is 1. The van der Waals surface area contributed by atoms with Gasteiger partial charge in [-0.25, -0.2) is 0 Å². The van der Waals surface area contributed by atoms with E-state index in [1.54, 1.807) is 7.11 Å². The van der Waals surface area contributed by atoms with Gasteiger partial charge in [-0.3, -0.25) is 9.69 Å². The van der Waals surface area contributed by atoms with Gasteiger partial charge < -0.3 is 19.7 Å². The number of ether oxygens (including phenoxy) is 2. The minimum Gasteiger partial charge on any atom is -0.495 e. The highest BCUT2D eigenvalue weighted by molar-refractivity contribution is 6.30. The molecule has 7 heteroatoms. The van der Waals surface area contributed by atoms with Gasteiger partial charge >= 0.3 is 0 Å². The maximum atomic E-state index is 12.5. The number of amides is 1. The van der Waals surface area contributed by atoms with Crippen molar-refractivity contribution < 1.29 is 14.3 Å². The van der Waals surface area contributed by atoms with Crippen molar-refractivity contribution in [2.45, 2.75) is 25.5 Å². The van der Waals surface area contributed by atoms with Gasteiger partial charge in [-0.05, 0) is 31.2 Å². The van der Waals surface area contributed by atoms with E-state index >= 15 is 0 Å². The summed E-state index contributed by atoms with van der Waals surface area (Å²) in [5.74, 6) is 0.786. The summed E-state index contributed by atoms with van der Waals surface area (Å²) in [7, 11) is 1.65. The Morgan fingerprint density at radius 1 is 1.40 bits per heavy atom. The van der Waals surface area contributed by atoms with Crippen LogP contribution in [0, 0.1) is 0 Å². The number of hydrogen-bond acceptors (Lipinski definition) is 5. The van der Waals surface area contributed by atoms with Crippen molar-refractivity contribution in [3.8, 4) is 5.75 Å². The Kier molecular flexibility index (Phi) is 6.04. The number of carbonyl (C=O) groups is 1. The molecule has 0 spiro atoms. The number of anilines is 1. The fourth-order valence-electron chi connectivity index (χ4n) is 3.45. The predicted octanol–water partition coefficient (Wildman–Crippen LogP) is 1.76. The molecule has 1 amide bonds. The van der Waals surface area contributed by atoms with Gasteiger partial charge in [-0.15, -0.1) is 0 Å². The summed E-state index contributed by atoms with van der Waals surface area (Å²) in [4.78, 5) is 17.0. The second-order valence-corrected chi connectivity index (χ2v) is 6.95. The molecule has 2 fully saturated rings. The van der Waals surface area contributed by atoms with E-state index in [9.17, 15) is 4.79 Å². The first-order valence-corrected chi connectivity index (χ1v) is 9.21. The molecule has 1 aromatic rings. The molecule has 0 aromatic heterocycles. The van der Waals surface area contributed by atoms with Crippen molar-refractivity contribution in [1.82, 2.24) is 10.2 Å². The molecule has 2 aliphatic rings. The first-order chi connectivity index (χ1) is 12.1. The van der Waals surface area contributed by atoms with Gasteiger partial charge in [0.05, 0.1) is 19.4 Å². The summed E-state index contributed by atoms with van der Waals surface area (Å²) < 4.78 is 11.1. The average molecular weight is 368 g/mol. The average Bonchev–Trinajstić information content (AvgIpc) is 3.10. The Labute approximate surface area is 154 Å². The smallest absolute Gasteiger partial charge is 0.250 e. The topological polar surface area (TPSA) is 54.0 Å². The fourth-order valence-corrected chi connectivity index (χ4v) is 3.62. The second-order valence-electron chi connectivity index (χ2n) is 6.51. The number of benzene rings is 1. The van der Waals surface area contributed by atoms with Crippen LogP contribution < -0.4 is 15.0 Å². The van der Waals surface area contributed by atoms with E-state index in [4.69, 9.17) is 21.1 Å². The summed E-state index contributed by atoms with van der Waals surface area (Å²) in [5.41, 5.74) is 0.970. The molecule has 0 radical (unpaired) electrons. The van der Waals surface area contributed by atoms with Gasteiger partial charge in [-0.2, -0.15) is 0 Å². The molecule has 1 aromatic carbocycles. The summed E-state index contributed by atoms with van der Waals surface area (Å²) in [5, 5.41) is 3.82. The Hall–Kier alpha value is -1.50. The lowest BCUT2D eigenvalue weighted by Gasteiger charge is -2.31. The van der Waals surface area contributed by atoms with Gasteiger partial charge in [-0.1, -0.05) is 18.5 Å². The lowest BCUT2D eigenvalue weighted by molar-refractivity contribution is -0.139. The summed E-state index contributed by atoms with van der Waals surface area (Å²) >= 11 is 6.13. The summed E-state index contributed by atoms with van der Waals surface area (Å²) in [6.07, 6.45) is 0.523. The van der Waals surface area contributed by atoms with Gasteiger partial charge in [0.2, 0.25) is 0 Å². The summed E-state index contributed by atoms with van der Waals surface area (Å²) in [6.45, 7) is 6.82. The third-order valence-corrected chi connectivity index (χ3v) is 5.14. The number of methoxy groups -OCH3 is 1. The molecule has 0 bridgehead atoms. The number of nitrogens with one attached hydrogen (secondary N) is 1. The van der Waals surface area contributed by atoms with Crippen molar-refractivity contribution >= 4 is 23.2 Å². The molecule has 138 valence electrons. The highest BCUT2D eigenvalue weighted by atomic mass is 35.5. The maximum absolute atomic E-state index is 12.5. The lowest BCUT2D eigenvalue weighted by atomic mass is 10.2. The van der Waals surface area contributed by atoms with Crippen LogP contribution in [0.4, 0.5) is 5.69 Å². The zero-order chi connectivity index (χ0) is 17.8. The quantitative estimate of drug-likeness (QED) is 0.859. The first-order valence-electron chi connectivity index (χ1n) is 8.83. The van der Waals surface area contributed by atoms with Crippen LogP contribution in [0.5, 0.6) is 5.75 Å². The van der Waals surface area contributed by atoms with Crippen molar-refractivity contribution in [3.05, 3.63) is 23.2 Å². The van der Waals surface area contributed by atoms with E-state index in [0.717, 1.165) is 44.0 Å². The highest BCUT2D eigenvalue weighted by Gasteiger charge is 2.31. The molecule has 2 saturated heterocycles. The van der Waals surface area contributed by atoms with Crippen LogP contribution in [-0.2, 0) is 9.53 Å². The standard InChI is InChI=1S/C18H26ClN3O3/c1-3-21-8-9-25-17(12-21)18(23)20-14-6-7-22(11-14)15-10-13(19)4-5-16(15)24-2/h4-5,10,14,17H,3,6-9,11-12H2,1-2H3,(H,20,23). The largest absolute Gasteiger partial charge is 0.495 e. The molecular formula is C18H26ClN3O3. The molecule has 0 saturated carbocycles. The van der Waals surface area contributed by atoms with E-state index in [1.807, 2.05) is 18.2 Å². The van der Waals surface area contributed by atoms with Crippen LogP contribution >= 0.6 is 11.6 Å². The van der Waals surface area contributed by atoms with E-state index in [1.165, 1.54) is 0 Å². The molecule has 2 unspecified atom stereocenters. The van der Waals surface area contributed by atoms with Gasteiger partial charge in [0.1, 0.15) is 11.9 Å². The number of rotatable bonds is 5. The molecule has 2 atom stereocenters. The predicted molar refractivity (Wildman–Crippen MR) is 98.6 cm³/mol. The van der Waals surface area contributed by atoms with Gasteiger partial charge in [0, 0.05) is 37.2 Å². The molecule has 2 heterocycles. The molecule has 3 rings (SSSR count). The van der Waals surface area contributed by atoms with E-state index < -0.39 is 0 Å². The van der Waals surface area contributed by atoms with Crippen LogP contribution in [0.15, 0.2) is 18.2 Å². The Balaban J connectivity index is 1.58. The van der Waals surface area contributed by atoms with Crippen LogP contribution in [0.1, 0.15) is 13.3 Å². The number of hydrogen-bond donors (Lipinski definition) is 1. The van der Waals surface area contributed by atoms with Crippen molar-refractivity contribution in [1.29, 1.82) is 0 Å². The molecule has 2 aliphatic heterocycles. The molecule has 1 N–H and O–H groups in total. The Morgan fingerprint density at radius 3 is 3.00 bits per heavy atom. The minimum absolute atomic E-state index is 0.0111. The maximum Gasteiger partial charge on any atom is 0.250 e. The van der Waals surface area contributed by atoms with Crippen LogP contribution in [0.25, 0.3) is 0 Å². The zero-order valence-corrected chi connectivity index (χ0v) is 15.6. The Morgan fingerprint density at radius 2 is 2.24 bits per heavy atom. The van der Waals surface area contributed by atoms with Crippen molar-refractivity contribution in [2.75, 3.05) is 51.3 Å². The minimum atomic E-state index is -0.372. The third-order valence-electron chi connectivity index (χ3n) is 4.91. The SMILES string of the molecule is CCN1CCOC(C(=O)NC2CCN(c3cc(Cl)ccc3OC)C2)C1. The van der Waals surface area contributed by atoms with E-state index in [2.05, 4.69) is 22.0 Å². The molecular weight excluding hydrogens is 342 g/mol. The normalized spacial score (nSPS) is 24.4. The van der Waals surface area contributed by atoms with Crippen LogP contribution in [0.2, 0.25) is 5.02 Å². The number of nitrogens with zero attached hydrogens (tertiary/aromatic N) is 2. The first kappa shape index (κ1) is 18.3. The Bertz CT molecular complexity index is 613. The number of likely N-dealkylation sites (N-methyl/N-ethyl adjacent to an activating group) is 1. The van der Waals surface area contributed by atoms with E-state index in [0.29, 0.717) is 18.2 Å². The van der Waals surface area contributed by atoms with Crippen LogP contribution in [-0.4, -0.2) is 69.4 Å². The van der Waals surface area contributed by atoms with Crippen molar-refractivity contribution in [3.63, 3.8) is 0 Å². The van der Waals surface area contributed by atoms with E-state index in [-0.39, 0.29) is 18.1 Å².